The molecule has 1 amide bonds. The van der Waals surface area contributed by atoms with Gasteiger partial charge in [-0.25, -0.2) is 4.98 Å². The van der Waals surface area contributed by atoms with E-state index >= 15 is 0 Å². The standard InChI is InChI=1S/C21H21N3O3/c25-20(14-18-15-27-21(23-18)16-4-2-1-3-5-16)22-17-6-8-19(9-7-17)24-10-12-26-13-11-24/h1-9,15H,10-14H2,(H,22,25). The maximum absolute atomic E-state index is 12.3. The maximum atomic E-state index is 12.3. The Morgan fingerprint density at radius 3 is 2.52 bits per heavy atom. The van der Waals surface area contributed by atoms with Crippen molar-refractivity contribution in [3.8, 4) is 11.5 Å². The molecule has 2 aromatic carbocycles. The average Bonchev–Trinajstić information content (AvgIpc) is 3.18. The lowest BCUT2D eigenvalue weighted by molar-refractivity contribution is -0.115. The fourth-order valence-corrected chi connectivity index (χ4v) is 3.05. The molecule has 27 heavy (non-hydrogen) atoms. The van der Waals surface area contributed by atoms with E-state index in [0.29, 0.717) is 11.6 Å². The van der Waals surface area contributed by atoms with E-state index in [4.69, 9.17) is 9.15 Å². The predicted molar refractivity (Wildman–Crippen MR) is 104 cm³/mol. The Morgan fingerprint density at radius 1 is 1.04 bits per heavy atom. The van der Waals surface area contributed by atoms with Crippen LogP contribution in [0.4, 0.5) is 11.4 Å². The number of hydrogen-bond donors (Lipinski definition) is 1. The Balaban J connectivity index is 1.35. The molecule has 0 spiro atoms. The second kappa shape index (κ2) is 8.05. The van der Waals surface area contributed by atoms with Crippen molar-refractivity contribution in [2.75, 3.05) is 36.5 Å². The molecule has 0 aliphatic carbocycles. The van der Waals surface area contributed by atoms with E-state index in [0.717, 1.165) is 43.2 Å². The van der Waals surface area contributed by atoms with Crippen LogP contribution in [0.2, 0.25) is 0 Å². The van der Waals surface area contributed by atoms with Gasteiger partial charge >= 0.3 is 0 Å². The summed E-state index contributed by atoms with van der Waals surface area (Å²) in [6.45, 7) is 3.28. The van der Waals surface area contributed by atoms with Gasteiger partial charge in [-0.2, -0.15) is 0 Å². The largest absolute Gasteiger partial charge is 0.444 e. The van der Waals surface area contributed by atoms with E-state index in [1.54, 1.807) is 0 Å². The molecule has 2 heterocycles. The van der Waals surface area contributed by atoms with Crippen LogP contribution in [0.25, 0.3) is 11.5 Å². The van der Waals surface area contributed by atoms with Gasteiger partial charge in [0.2, 0.25) is 11.8 Å². The molecule has 1 N–H and O–H groups in total. The van der Waals surface area contributed by atoms with Gasteiger partial charge < -0.3 is 19.4 Å². The van der Waals surface area contributed by atoms with Gasteiger partial charge in [0.15, 0.2) is 0 Å². The molecular formula is C21H21N3O3. The summed E-state index contributed by atoms with van der Waals surface area (Å²) in [5, 5.41) is 2.91. The smallest absolute Gasteiger partial charge is 0.230 e. The van der Waals surface area contributed by atoms with E-state index in [2.05, 4.69) is 15.2 Å². The minimum absolute atomic E-state index is 0.123. The monoisotopic (exact) mass is 363 g/mol. The van der Waals surface area contributed by atoms with Crippen LogP contribution in [-0.4, -0.2) is 37.2 Å². The van der Waals surface area contributed by atoms with Crippen LogP contribution in [0.5, 0.6) is 0 Å². The van der Waals surface area contributed by atoms with Crippen molar-refractivity contribution in [3.05, 3.63) is 66.6 Å². The Kier molecular flexibility index (Phi) is 5.16. The molecule has 3 aromatic rings. The van der Waals surface area contributed by atoms with Crippen LogP contribution in [-0.2, 0) is 16.0 Å². The molecule has 4 rings (SSSR count). The van der Waals surface area contributed by atoms with Crippen molar-refractivity contribution in [3.63, 3.8) is 0 Å². The lowest BCUT2D eigenvalue weighted by atomic mass is 10.2. The number of aromatic nitrogens is 1. The van der Waals surface area contributed by atoms with E-state index in [1.807, 2.05) is 54.6 Å². The first-order chi connectivity index (χ1) is 13.3. The predicted octanol–water partition coefficient (Wildman–Crippen LogP) is 3.36. The lowest BCUT2D eigenvalue weighted by Crippen LogP contribution is -2.36. The van der Waals surface area contributed by atoms with E-state index < -0.39 is 0 Å². The van der Waals surface area contributed by atoms with Crippen molar-refractivity contribution < 1.29 is 13.9 Å². The quantitative estimate of drug-likeness (QED) is 0.753. The van der Waals surface area contributed by atoms with Crippen LogP contribution in [0.3, 0.4) is 0 Å². The number of carbonyl (C=O) groups is 1. The van der Waals surface area contributed by atoms with Crippen molar-refractivity contribution in [1.29, 1.82) is 0 Å². The van der Waals surface area contributed by atoms with Crippen molar-refractivity contribution in [2.24, 2.45) is 0 Å². The summed E-state index contributed by atoms with van der Waals surface area (Å²) in [5.41, 5.74) is 3.41. The molecule has 6 nitrogen and oxygen atoms in total. The molecule has 1 saturated heterocycles. The third-order valence-corrected chi connectivity index (χ3v) is 4.44. The molecular weight excluding hydrogens is 342 g/mol. The Hall–Kier alpha value is -3.12. The highest BCUT2D eigenvalue weighted by Crippen LogP contribution is 2.20. The summed E-state index contributed by atoms with van der Waals surface area (Å²) in [6, 6.07) is 17.5. The van der Waals surface area contributed by atoms with E-state index in [1.165, 1.54) is 6.26 Å². The van der Waals surface area contributed by atoms with Gasteiger partial charge in [-0.15, -0.1) is 0 Å². The van der Waals surface area contributed by atoms with Crippen LogP contribution < -0.4 is 10.2 Å². The topological polar surface area (TPSA) is 67.6 Å². The number of ether oxygens (including phenoxy) is 1. The minimum atomic E-state index is -0.123. The third kappa shape index (κ3) is 4.35. The Labute approximate surface area is 157 Å². The van der Waals surface area contributed by atoms with Gasteiger partial charge in [-0.1, -0.05) is 18.2 Å². The highest BCUT2D eigenvalue weighted by atomic mass is 16.5. The summed E-state index contributed by atoms with van der Waals surface area (Å²) in [4.78, 5) is 19.0. The zero-order chi connectivity index (χ0) is 18.5. The molecule has 1 fully saturated rings. The van der Waals surface area contributed by atoms with Crippen molar-refractivity contribution in [1.82, 2.24) is 4.98 Å². The first-order valence-electron chi connectivity index (χ1n) is 9.00. The van der Waals surface area contributed by atoms with E-state index in [-0.39, 0.29) is 12.3 Å². The second-order valence-corrected chi connectivity index (χ2v) is 6.38. The zero-order valence-corrected chi connectivity index (χ0v) is 14.9. The molecule has 1 aliphatic rings. The van der Waals surface area contributed by atoms with Crippen LogP contribution in [0.1, 0.15) is 5.69 Å². The summed E-state index contributed by atoms with van der Waals surface area (Å²) in [5.74, 6) is 0.398. The molecule has 1 aromatic heterocycles. The first kappa shape index (κ1) is 17.3. The number of amides is 1. The number of hydrogen-bond acceptors (Lipinski definition) is 5. The van der Waals surface area contributed by atoms with Crippen LogP contribution in [0.15, 0.2) is 65.3 Å². The first-order valence-corrected chi connectivity index (χ1v) is 9.00. The van der Waals surface area contributed by atoms with Crippen LogP contribution in [0, 0.1) is 0 Å². The third-order valence-electron chi connectivity index (χ3n) is 4.44. The number of anilines is 2. The summed E-state index contributed by atoms with van der Waals surface area (Å²) in [7, 11) is 0. The molecule has 1 aliphatic heterocycles. The Bertz CT molecular complexity index is 885. The number of rotatable bonds is 5. The van der Waals surface area contributed by atoms with E-state index in [9.17, 15) is 4.79 Å². The molecule has 0 bridgehead atoms. The summed E-state index contributed by atoms with van der Waals surface area (Å²) < 4.78 is 10.8. The number of oxazole rings is 1. The number of benzene rings is 2. The molecule has 0 atom stereocenters. The lowest BCUT2D eigenvalue weighted by Gasteiger charge is -2.28. The van der Waals surface area contributed by atoms with Gasteiger partial charge in [0, 0.05) is 30.0 Å². The van der Waals surface area contributed by atoms with Gasteiger partial charge in [-0.05, 0) is 36.4 Å². The van der Waals surface area contributed by atoms with Gasteiger partial charge in [0.1, 0.15) is 6.26 Å². The summed E-state index contributed by atoms with van der Waals surface area (Å²) in [6.07, 6.45) is 1.70. The fourth-order valence-electron chi connectivity index (χ4n) is 3.05. The van der Waals surface area contributed by atoms with Gasteiger partial charge in [0.25, 0.3) is 0 Å². The van der Waals surface area contributed by atoms with Crippen molar-refractivity contribution >= 4 is 17.3 Å². The number of nitrogens with zero attached hydrogens (tertiary/aromatic N) is 2. The maximum Gasteiger partial charge on any atom is 0.230 e. The average molecular weight is 363 g/mol. The zero-order valence-electron chi connectivity index (χ0n) is 14.9. The number of morpholine rings is 1. The molecule has 0 radical (unpaired) electrons. The second-order valence-electron chi connectivity index (χ2n) is 6.38. The normalized spacial score (nSPS) is 14.1. The summed E-state index contributed by atoms with van der Waals surface area (Å²) >= 11 is 0. The van der Waals surface area contributed by atoms with Gasteiger partial charge in [0.05, 0.1) is 25.3 Å². The molecule has 0 unspecified atom stereocenters. The van der Waals surface area contributed by atoms with Gasteiger partial charge in [-0.3, -0.25) is 4.79 Å². The highest BCUT2D eigenvalue weighted by Gasteiger charge is 2.13. The Morgan fingerprint density at radius 2 is 1.78 bits per heavy atom. The van der Waals surface area contributed by atoms with Crippen molar-refractivity contribution in [2.45, 2.75) is 6.42 Å². The fraction of sp³-hybridized carbons (Fsp3) is 0.238. The molecule has 138 valence electrons. The number of nitrogens with one attached hydrogen (secondary N) is 1. The molecule has 6 heteroatoms. The minimum Gasteiger partial charge on any atom is -0.444 e. The number of carbonyl (C=O) groups excluding carboxylic acids is 1. The highest BCUT2D eigenvalue weighted by molar-refractivity contribution is 5.92. The SMILES string of the molecule is O=C(Cc1coc(-c2ccccc2)n1)Nc1ccc(N2CCOCC2)cc1. The van der Waals surface area contributed by atoms with Crippen LogP contribution >= 0.6 is 0 Å². The molecule has 0 saturated carbocycles.